The van der Waals surface area contributed by atoms with Gasteiger partial charge in [0, 0.05) is 37.3 Å². The summed E-state index contributed by atoms with van der Waals surface area (Å²) in [6, 6.07) is 16.2. The average Bonchev–Trinajstić information content (AvgIpc) is 2.83. The summed E-state index contributed by atoms with van der Waals surface area (Å²) in [5.74, 6) is -1.26. The maximum atomic E-state index is 14.9. The predicted octanol–water partition coefficient (Wildman–Crippen LogP) is 4.90. The van der Waals surface area contributed by atoms with Gasteiger partial charge in [0.2, 0.25) is 0 Å². The van der Waals surface area contributed by atoms with Gasteiger partial charge in [-0.2, -0.15) is 5.10 Å². The molecule has 1 amide bonds. The summed E-state index contributed by atoms with van der Waals surface area (Å²) in [7, 11) is 0. The number of amides is 1. The molecule has 0 unspecified atom stereocenters. The summed E-state index contributed by atoms with van der Waals surface area (Å²) in [5.41, 5.74) is 5.56. The van der Waals surface area contributed by atoms with Gasteiger partial charge in [-0.1, -0.05) is 6.07 Å². The van der Waals surface area contributed by atoms with Crippen LogP contribution in [0.25, 0.3) is 0 Å². The van der Waals surface area contributed by atoms with Crippen LogP contribution in [0.5, 0.6) is 0 Å². The van der Waals surface area contributed by atoms with Crippen molar-refractivity contribution in [2.75, 3.05) is 36.5 Å². The molecule has 0 saturated carbocycles. The maximum absolute atomic E-state index is 14.9. The van der Waals surface area contributed by atoms with Crippen LogP contribution in [0.1, 0.15) is 22.8 Å². The predicted molar refractivity (Wildman–Crippen MR) is 123 cm³/mol. The van der Waals surface area contributed by atoms with Crippen LogP contribution in [0, 0.1) is 17.5 Å². The number of hydrogen-bond donors (Lipinski definition) is 1. The number of hydrazone groups is 1. The molecular formula is C25H23F3N4O. The van der Waals surface area contributed by atoms with Gasteiger partial charge < -0.3 is 9.80 Å². The summed E-state index contributed by atoms with van der Waals surface area (Å²) in [6.07, 6.45) is 0. The first-order chi connectivity index (χ1) is 15.9. The van der Waals surface area contributed by atoms with Crippen molar-refractivity contribution in [1.29, 1.82) is 0 Å². The van der Waals surface area contributed by atoms with E-state index in [1.807, 2.05) is 4.90 Å². The number of piperazine rings is 1. The number of carbonyl (C=O) groups is 1. The van der Waals surface area contributed by atoms with E-state index in [0.717, 1.165) is 0 Å². The molecule has 1 saturated heterocycles. The Kier molecular flexibility index (Phi) is 6.63. The molecule has 1 heterocycles. The lowest BCUT2D eigenvalue weighted by Gasteiger charge is -2.36. The van der Waals surface area contributed by atoms with E-state index in [4.69, 9.17) is 0 Å². The van der Waals surface area contributed by atoms with Crippen LogP contribution in [0.2, 0.25) is 0 Å². The zero-order valence-electron chi connectivity index (χ0n) is 18.1. The van der Waals surface area contributed by atoms with Crippen molar-refractivity contribution in [3.05, 3.63) is 95.3 Å². The second-order valence-electron chi connectivity index (χ2n) is 7.77. The first kappa shape index (κ1) is 22.4. The second kappa shape index (κ2) is 9.77. The van der Waals surface area contributed by atoms with Gasteiger partial charge in [-0.05, 0) is 67.6 Å². The van der Waals surface area contributed by atoms with Gasteiger partial charge in [0.15, 0.2) is 0 Å². The minimum absolute atomic E-state index is 0.161. The fraction of sp³-hybridized carbons (Fsp3) is 0.200. The fourth-order valence-electron chi connectivity index (χ4n) is 3.65. The molecule has 8 heteroatoms. The van der Waals surface area contributed by atoms with E-state index in [0.29, 0.717) is 54.4 Å². The van der Waals surface area contributed by atoms with Crippen LogP contribution in [0.4, 0.5) is 24.5 Å². The normalized spacial score (nSPS) is 14.4. The molecule has 5 nitrogen and oxygen atoms in total. The zero-order valence-corrected chi connectivity index (χ0v) is 18.1. The second-order valence-corrected chi connectivity index (χ2v) is 7.77. The van der Waals surface area contributed by atoms with E-state index in [1.165, 1.54) is 42.5 Å². The molecule has 1 aliphatic rings. The van der Waals surface area contributed by atoms with Gasteiger partial charge in [0.25, 0.3) is 5.91 Å². The third kappa shape index (κ3) is 5.34. The largest absolute Gasteiger partial charge is 0.366 e. The van der Waals surface area contributed by atoms with Gasteiger partial charge in [-0.25, -0.2) is 13.2 Å². The summed E-state index contributed by atoms with van der Waals surface area (Å²) >= 11 is 0. The summed E-state index contributed by atoms with van der Waals surface area (Å²) in [4.78, 5) is 16.2. The van der Waals surface area contributed by atoms with Gasteiger partial charge in [-0.15, -0.1) is 0 Å². The van der Waals surface area contributed by atoms with Crippen molar-refractivity contribution in [2.24, 2.45) is 5.10 Å². The lowest BCUT2D eigenvalue weighted by Crippen LogP contribution is -2.49. The van der Waals surface area contributed by atoms with E-state index in [1.54, 1.807) is 36.1 Å². The summed E-state index contributed by atoms with van der Waals surface area (Å²) in [6.45, 7) is 3.62. The Morgan fingerprint density at radius 1 is 0.818 bits per heavy atom. The van der Waals surface area contributed by atoms with Crippen molar-refractivity contribution in [3.63, 3.8) is 0 Å². The molecule has 0 spiro atoms. The Bertz CT molecular complexity index is 1160. The van der Waals surface area contributed by atoms with Crippen molar-refractivity contribution in [1.82, 2.24) is 4.90 Å². The third-order valence-electron chi connectivity index (χ3n) is 5.56. The SMILES string of the molecule is CC(=NNc1ccc(F)cc1)c1ccc(N2CCN(C(=O)c3ccc(F)cc3)CC2)c(F)c1. The highest BCUT2D eigenvalue weighted by Crippen LogP contribution is 2.23. The van der Waals surface area contributed by atoms with E-state index in [-0.39, 0.29) is 23.4 Å². The Balaban J connectivity index is 1.38. The topological polar surface area (TPSA) is 47.9 Å². The molecule has 0 atom stereocenters. The number of hydrogen-bond acceptors (Lipinski definition) is 4. The molecular weight excluding hydrogens is 429 g/mol. The Labute approximate surface area is 190 Å². The van der Waals surface area contributed by atoms with Crippen molar-refractivity contribution in [3.8, 4) is 0 Å². The number of halogens is 3. The smallest absolute Gasteiger partial charge is 0.253 e. The molecule has 3 aromatic carbocycles. The molecule has 1 fully saturated rings. The lowest BCUT2D eigenvalue weighted by atomic mass is 10.1. The van der Waals surface area contributed by atoms with Crippen LogP contribution in [0.15, 0.2) is 71.8 Å². The number of nitrogens with zero attached hydrogens (tertiary/aromatic N) is 3. The first-order valence-corrected chi connectivity index (χ1v) is 10.6. The summed E-state index contributed by atoms with van der Waals surface area (Å²) in [5, 5.41) is 4.24. The highest BCUT2D eigenvalue weighted by atomic mass is 19.1. The fourth-order valence-corrected chi connectivity index (χ4v) is 3.65. The van der Waals surface area contributed by atoms with Gasteiger partial charge in [-0.3, -0.25) is 10.2 Å². The van der Waals surface area contributed by atoms with Gasteiger partial charge >= 0.3 is 0 Å². The molecule has 0 aliphatic carbocycles. The molecule has 170 valence electrons. The highest BCUT2D eigenvalue weighted by Gasteiger charge is 2.24. The molecule has 0 bridgehead atoms. The summed E-state index contributed by atoms with van der Waals surface area (Å²) < 4.78 is 41.0. The minimum atomic E-state index is -0.387. The van der Waals surface area contributed by atoms with Gasteiger partial charge in [0.1, 0.15) is 17.5 Å². The first-order valence-electron chi connectivity index (χ1n) is 10.6. The van der Waals surface area contributed by atoms with Crippen molar-refractivity contribution >= 4 is 23.0 Å². The highest BCUT2D eigenvalue weighted by molar-refractivity contribution is 5.99. The standard InChI is InChI=1S/C25H23F3N4O/c1-17(29-30-22-9-7-21(27)8-10-22)19-4-11-24(23(28)16-19)31-12-14-32(15-13-31)25(33)18-2-5-20(26)6-3-18/h2-11,16,30H,12-15H2,1H3. The minimum Gasteiger partial charge on any atom is -0.366 e. The maximum Gasteiger partial charge on any atom is 0.253 e. The Morgan fingerprint density at radius 2 is 1.39 bits per heavy atom. The number of carbonyl (C=O) groups excluding carboxylic acids is 1. The van der Waals surface area contributed by atoms with Crippen LogP contribution < -0.4 is 10.3 Å². The number of nitrogens with one attached hydrogen (secondary N) is 1. The Hall–Kier alpha value is -3.81. The van der Waals surface area contributed by atoms with Crippen molar-refractivity contribution in [2.45, 2.75) is 6.92 Å². The molecule has 1 aliphatic heterocycles. The molecule has 33 heavy (non-hydrogen) atoms. The molecule has 0 radical (unpaired) electrons. The lowest BCUT2D eigenvalue weighted by molar-refractivity contribution is 0.0746. The molecule has 0 aromatic heterocycles. The zero-order chi connectivity index (χ0) is 23.4. The average molecular weight is 452 g/mol. The van der Waals surface area contributed by atoms with Crippen LogP contribution >= 0.6 is 0 Å². The molecule has 3 aromatic rings. The number of anilines is 2. The quantitative estimate of drug-likeness (QED) is 0.442. The van der Waals surface area contributed by atoms with Gasteiger partial charge in [0.05, 0.1) is 17.1 Å². The molecule has 1 N–H and O–H groups in total. The number of benzene rings is 3. The van der Waals surface area contributed by atoms with Crippen LogP contribution in [0.3, 0.4) is 0 Å². The van der Waals surface area contributed by atoms with E-state index < -0.39 is 0 Å². The van der Waals surface area contributed by atoms with E-state index in [2.05, 4.69) is 10.5 Å². The van der Waals surface area contributed by atoms with Crippen molar-refractivity contribution < 1.29 is 18.0 Å². The Morgan fingerprint density at radius 3 is 2.00 bits per heavy atom. The van der Waals surface area contributed by atoms with Crippen LogP contribution in [-0.4, -0.2) is 42.7 Å². The molecule has 4 rings (SSSR count). The van der Waals surface area contributed by atoms with E-state index in [9.17, 15) is 18.0 Å². The van der Waals surface area contributed by atoms with E-state index >= 15 is 0 Å². The third-order valence-corrected chi connectivity index (χ3v) is 5.56. The monoisotopic (exact) mass is 452 g/mol. The number of rotatable bonds is 5. The van der Waals surface area contributed by atoms with Crippen LogP contribution in [-0.2, 0) is 0 Å².